The molecule has 2 aliphatic rings. The van der Waals surface area contributed by atoms with E-state index in [-0.39, 0.29) is 18.4 Å². The van der Waals surface area contributed by atoms with Gasteiger partial charge in [0.1, 0.15) is 0 Å². The van der Waals surface area contributed by atoms with E-state index < -0.39 is 0 Å². The average molecular weight is 482 g/mol. The first kappa shape index (κ1) is 25.0. The van der Waals surface area contributed by atoms with Gasteiger partial charge in [-0.2, -0.15) is 0 Å². The van der Waals surface area contributed by atoms with Crippen molar-refractivity contribution in [2.75, 3.05) is 57.9 Å². The highest BCUT2D eigenvalue weighted by Gasteiger charge is 2.19. The SMILES string of the molecule is CCOc1cc(C(=O)Nc2ccc(CN3CCOCC3)cc2)ccc1OCC(=O)N1CCCCC1. The molecule has 2 aromatic rings. The Hall–Kier alpha value is -3.10. The van der Waals surface area contributed by atoms with E-state index in [0.29, 0.717) is 23.7 Å². The predicted molar refractivity (Wildman–Crippen MR) is 134 cm³/mol. The second-order valence-electron chi connectivity index (χ2n) is 8.86. The Morgan fingerprint density at radius 1 is 0.914 bits per heavy atom. The third-order valence-electron chi connectivity index (χ3n) is 6.29. The van der Waals surface area contributed by atoms with Crippen LogP contribution in [0.3, 0.4) is 0 Å². The number of hydrogen-bond donors (Lipinski definition) is 1. The van der Waals surface area contributed by atoms with Crippen LogP contribution in [0.25, 0.3) is 0 Å². The number of morpholine rings is 1. The fraction of sp³-hybridized carbons (Fsp3) is 0.481. The first-order valence-corrected chi connectivity index (χ1v) is 12.5. The summed E-state index contributed by atoms with van der Waals surface area (Å²) in [6, 6.07) is 12.9. The van der Waals surface area contributed by atoms with E-state index in [9.17, 15) is 9.59 Å². The monoisotopic (exact) mass is 481 g/mol. The number of carbonyl (C=O) groups excluding carboxylic acids is 2. The number of ether oxygens (including phenoxy) is 3. The largest absolute Gasteiger partial charge is 0.490 e. The zero-order valence-electron chi connectivity index (χ0n) is 20.5. The molecule has 0 bridgehead atoms. The Balaban J connectivity index is 1.34. The number of piperidine rings is 1. The number of hydrogen-bond acceptors (Lipinski definition) is 6. The molecule has 2 heterocycles. The number of carbonyl (C=O) groups is 2. The van der Waals surface area contributed by atoms with E-state index in [0.717, 1.165) is 64.5 Å². The second-order valence-corrected chi connectivity index (χ2v) is 8.86. The Kier molecular flexibility index (Phi) is 8.97. The van der Waals surface area contributed by atoms with E-state index in [1.54, 1.807) is 18.2 Å². The lowest BCUT2D eigenvalue weighted by Gasteiger charge is -2.26. The molecule has 1 N–H and O–H groups in total. The molecule has 2 fully saturated rings. The lowest BCUT2D eigenvalue weighted by molar-refractivity contribution is -0.134. The van der Waals surface area contributed by atoms with Crippen LogP contribution in [0.15, 0.2) is 42.5 Å². The van der Waals surface area contributed by atoms with Crippen LogP contribution in [-0.2, 0) is 16.1 Å². The Morgan fingerprint density at radius 2 is 1.66 bits per heavy atom. The summed E-state index contributed by atoms with van der Waals surface area (Å²) in [5, 5.41) is 2.94. The number of anilines is 1. The van der Waals surface area contributed by atoms with Crippen LogP contribution in [-0.4, -0.2) is 74.2 Å². The number of likely N-dealkylation sites (tertiary alicyclic amines) is 1. The summed E-state index contributed by atoms with van der Waals surface area (Å²) in [5.41, 5.74) is 2.39. The molecule has 4 rings (SSSR count). The van der Waals surface area contributed by atoms with Crippen LogP contribution in [0.1, 0.15) is 42.1 Å². The molecule has 35 heavy (non-hydrogen) atoms. The summed E-state index contributed by atoms with van der Waals surface area (Å²) in [6.07, 6.45) is 3.24. The van der Waals surface area contributed by atoms with E-state index >= 15 is 0 Å². The molecule has 0 radical (unpaired) electrons. The maximum absolute atomic E-state index is 12.9. The standard InChI is InChI=1S/C27H35N3O5/c1-2-34-25-18-22(8-11-24(25)35-20-26(31)30-12-4-3-5-13-30)27(32)28-23-9-6-21(7-10-23)19-29-14-16-33-17-15-29/h6-11,18H,2-5,12-17,19-20H2,1H3,(H,28,32). The summed E-state index contributed by atoms with van der Waals surface area (Å²) in [7, 11) is 0. The smallest absolute Gasteiger partial charge is 0.260 e. The van der Waals surface area contributed by atoms with Crippen molar-refractivity contribution in [2.45, 2.75) is 32.7 Å². The maximum Gasteiger partial charge on any atom is 0.260 e. The van der Waals surface area contributed by atoms with Crippen molar-refractivity contribution < 1.29 is 23.8 Å². The summed E-state index contributed by atoms with van der Waals surface area (Å²) < 4.78 is 16.9. The van der Waals surface area contributed by atoms with Gasteiger partial charge in [0.05, 0.1) is 19.8 Å². The molecule has 0 saturated carbocycles. The molecule has 0 unspecified atom stereocenters. The maximum atomic E-state index is 12.9. The molecule has 0 aromatic heterocycles. The van der Waals surface area contributed by atoms with Crippen molar-refractivity contribution in [3.8, 4) is 11.5 Å². The van der Waals surface area contributed by atoms with Gasteiger partial charge in [-0.25, -0.2) is 0 Å². The number of nitrogens with zero attached hydrogens (tertiary/aromatic N) is 2. The highest BCUT2D eigenvalue weighted by atomic mass is 16.5. The minimum atomic E-state index is -0.233. The Bertz CT molecular complexity index is 983. The fourth-order valence-electron chi connectivity index (χ4n) is 4.33. The zero-order valence-corrected chi connectivity index (χ0v) is 20.5. The molecule has 2 amide bonds. The summed E-state index contributed by atoms with van der Waals surface area (Å²) in [5.74, 6) is 0.655. The van der Waals surface area contributed by atoms with Gasteiger partial charge in [0.2, 0.25) is 0 Å². The van der Waals surface area contributed by atoms with Gasteiger partial charge in [0, 0.05) is 44.0 Å². The first-order chi connectivity index (χ1) is 17.1. The third kappa shape index (κ3) is 7.19. The van der Waals surface area contributed by atoms with Gasteiger partial charge in [-0.15, -0.1) is 0 Å². The van der Waals surface area contributed by atoms with Crippen LogP contribution in [0.4, 0.5) is 5.69 Å². The van der Waals surface area contributed by atoms with Crippen molar-refractivity contribution in [3.63, 3.8) is 0 Å². The molecule has 0 spiro atoms. The molecular weight excluding hydrogens is 446 g/mol. The molecule has 188 valence electrons. The minimum Gasteiger partial charge on any atom is -0.490 e. The van der Waals surface area contributed by atoms with Gasteiger partial charge in [0.25, 0.3) is 11.8 Å². The molecule has 8 heteroatoms. The summed E-state index contributed by atoms with van der Waals surface area (Å²) >= 11 is 0. The highest BCUT2D eigenvalue weighted by Crippen LogP contribution is 2.29. The topological polar surface area (TPSA) is 80.3 Å². The predicted octanol–water partition coefficient (Wildman–Crippen LogP) is 3.56. The van der Waals surface area contributed by atoms with E-state index in [1.165, 1.54) is 12.0 Å². The van der Waals surface area contributed by atoms with Crippen molar-refractivity contribution >= 4 is 17.5 Å². The summed E-state index contributed by atoms with van der Waals surface area (Å²) in [6.45, 7) is 8.12. The third-order valence-corrected chi connectivity index (χ3v) is 6.29. The van der Waals surface area contributed by atoms with Crippen LogP contribution in [0, 0.1) is 0 Å². The quantitative estimate of drug-likeness (QED) is 0.590. The minimum absolute atomic E-state index is 0.0222. The lowest BCUT2D eigenvalue weighted by atomic mass is 10.1. The first-order valence-electron chi connectivity index (χ1n) is 12.5. The van der Waals surface area contributed by atoms with Gasteiger partial charge in [-0.1, -0.05) is 12.1 Å². The zero-order chi connectivity index (χ0) is 24.5. The molecule has 0 aliphatic carbocycles. The van der Waals surface area contributed by atoms with Crippen molar-refractivity contribution in [1.29, 1.82) is 0 Å². The highest BCUT2D eigenvalue weighted by molar-refractivity contribution is 6.04. The van der Waals surface area contributed by atoms with Crippen molar-refractivity contribution in [2.24, 2.45) is 0 Å². The molecule has 2 saturated heterocycles. The van der Waals surface area contributed by atoms with Crippen LogP contribution < -0.4 is 14.8 Å². The number of nitrogens with one attached hydrogen (secondary N) is 1. The Morgan fingerprint density at radius 3 is 2.37 bits per heavy atom. The van der Waals surface area contributed by atoms with Crippen LogP contribution in [0.2, 0.25) is 0 Å². The molecule has 2 aliphatic heterocycles. The van der Waals surface area contributed by atoms with Crippen LogP contribution >= 0.6 is 0 Å². The molecule has 0 atom stereocenters. The molecule has 8 nitrogen and oxygen atoms in total. The van der Waals surface area contributed by atoms with E-state index in [2.05, 4.69) is 10.2 Å². The average Bonchev–Trinajstić information content (AvgIpc) is 2.90. The summed E-state index contributed by atoms with van der Waals surface area (Å²) in [4.78, 5) is 29.5. The number of amides is 2. The normalized spacial score (nSPS) is 16.5. The van der Waals surface area contributed by atoms with Gasteiger partial charge in [-0.05, 0) is 62.1 Å². The lowest BCUT2D eigenvalue weighted by Crippen LogP contribution is -2.38. The van der Waals surface area contributed by atoms with Crippen molar-refractivity contribution in [3.05, 3.63) is 53.6 Å². The number of benzene rings is 2. The molecular formula is C27H35N3O5. The van der Waals surface area contributed by atoms with Crippen molar-refractivity contribution in [1.82, 2.24) is 9.80 Å². The fourth-order valence-corrected chi connectivity index (χ4v) is 4.33. The molecule has 2 aromatic carbocycles. The van der Waals surface area contributed by atoms with Crippen LogP contribution in [0.5, 0.6) is 11.5 Å². The van der Waals surface area contributed by atoms with Gasteiger partial charge >= 0.3 is 0 Å². The van der Waals surface area contributed by atoms with E-state index in [4.69, 9.17) is 14.2 Å². The number of rotatable bonds is 9. The van der Waals surface area contributed by atoms with E-state index in [1.807, 2.05) is 36.1 Å². The van der Waals surface area contributed by atoms with Gasteiger partial charge < -0.3 is 24.4 Å². The van der Waals surface area contributed by atoms with Gasteiger partial charge in [-0.3, -0.25) is 14.5 Å². The Labute approximate surface area is 207 Å². The van der Waals surface area contributed by atoms with Gasteiger partial charge in [0.15, 0.2) is 18.1 Å². The second kappa shape index (κ2) is 12.6.